The standard InChI is InChI=1S/C16H27NO3/c1-15(2)7-4-6-12(10-15)13(18)17-9-5-8-16(3,11-17)14(19)20/h12H,4-11H2,1-3H3,(H,19,20). The van der Waals surface area contributed by atoms with Gasteiger partial charge in [-0.05, 0) is 44.4 Å². The molecule has 2 unspecified atom stereocenters. The fourth-order valence-electron chi connectivity index (χ4n) is 3.77. The van der Waals surface area contributed by atoms with Gasteiger partial charge < -0.3 is 10.0 Å². The second-order valence-electron chi connectivity index (χ2n) is 7.69. The number of aliphatic carboxylic acids is 1. The normalized spacial score (nSPS) is 33.8. The van der Waals surface area contributed by atoms with Gasteiger partial charge in [-0.3, -0.25) is 9.59 Å². The molecule has 0 aromatic rings. The van der Waals surface area contributed by atoms with Crippen LogP contribution in [-0.2, 0) is 9.59 Å². The van der Waals surface area contributed by atoms with Crippen molar-refractivity contribution >= 4 is 11.9 Å². The Hall–Kier alpha value is -1.06. The Bertz CT molecular complexity index is 405. The lowest BCUT2D eigenvalue weighted by molar-refractivity contribution is -0.155. The predicted molar refractivity (Wildman–Crippen MR) is 77.3 cm³/mol. The Kier molecular flexibility index (Phi) is 4.12. The molecular formula is C16H27NO3. The summed E-state index contributed by atoms with van der Waals surface area (Å²) in [7, 11) is 0. The molecule has 0 spiro atoms. The Morgan fingerprint density at radius 2 is 1.85 bits per heavy atom. The maximum absolute atomic E-state index is 12.7. The Morgan fingerprint density at radius 3 is 2.45 bits per heavy atom. The first kappa shape index (κ1) is 15.3. The molecule has 2 aliphatic rings. The highest BCUT2D eigenvalue weighted by atomic mass is 16.4. The molecule has 0 aromatic heterocycles. The number of hydrogen-bond acceptors (Lipinski definition) is 2. The van der Waals surface area contributed by atoms with Crippen molar-refractivity contribution in [1.82, 2.24) is 4.90 Å². The van der Waals surface area contributed by atoms with Crippen molar-refractivity contribution in [1.29, 1.82) is 0 Å². The van der Waals surface area contributed by atoms with Gasteiger partial charge in [0, 0.05) is 19.0 Å². The summed E-state index contributed by atoms with van der Waals surface area (Å²) < 4.78 is 0. The summed E-state index contributed by atoms with van der Waals surface area (Å²) >= 11 is 0. The van der Waals surface area contributed by atoms with E-state index >= 15 is 0 Å². The van der Waals surface area contributed by atoms with Gasteiger partial charge in [-0.2, -0.15) is 0 Å². The number of carboxylic acids is 1. The lowest BCUT2D eigenvalue weighted by Crippen LogP contribution is -2.50. The highest BCUT2D eigenvalue weighted by Gasteiger charge is 2.42. The molecule has 4 heteroatoms. The molecule has 0 aromatic carbocycles. The van der Waals surface area contributed by atoms with Crippen molar-refractivity contribution in [2.45, 2.75) is 59.3 Å². The average molecular weight is 281 g/mol. The van der Waals surface area contributed by atoms with Crippen LogP contribution < -0.4 is 0 Å². The molecule has 2 rings (SSSR count). The van der Waals surface area contributed by atoms with E-state index in [1.54, 1.807) is 6.92 Å². The topological polar surface area (TPSA) is 57.6 Å². The maximum atomic E-state index is 12.7. The number of piperidine rings is 1. The molecule has 1 heterocycles. The van der Waals surface area contributed by atoms with E-state index in [2.05, 4.69) is 13.8 Å². The summed E-state index contributed by atoms with van der Waals surface area (Å²) in [5.74, 6) is -0.501. The second-order valence-corrected chi connectivity index (χ2v) is 7.69. The van der Waals surface area contributed by atoms with Crippen molar-refractivity contribution in [3.8, 4) is 0 Å². The van der Waals surface area contributed by atoms with Gasteiger partial charge in [0.05, 0.1) is 5.41 Å². The van der Waals surface area contributed by atoms with E-state index in [4.69, 9.17) is 0 Å². The smallest absolute Gasteiger partial charge is 0.311 e. The van der Waals surface area contributed by atoms with Crippen LogP contribution in [0.15, 0.2) is 0 Å². The zero-order valence-electron chi connectivity index (χ0n) is 12.9. The quantitative estimate of drug-likeness (QED) is 0.846. The van der Waals surface area contributed by atoms with Gasteiger partial charge in [0.2, 0.25) is 5.91 Å². The van der Waals surface area contributed by atoms with Crippen LogP contribution in [0.1, 0.15) is 59.3 Å². The Morgan fingerprint density at radius 1 is 1.15 bits per heavy atom. The molecule has 1 amide bonds. The lowest BCUT2D eigenvalue weighted by atomic mass is 9.71. The average Bonchev–Trinajstić information content (AvgIpc) is 2.36. The largest absolute Gasteiger partial charge is 0.481 e. The number of likely N-dealkylation sites (tertiary alicyclic amines) is 1. The minimum absolute atomic E-state index is 0.0925. The Balaban J connectivity index is 2.04. The molecule has 0 bridgehead atoms. The minimum Gasteiger partial charge on any atom is -0.481 e. The molecule has 2 atom stereocenters. The molecule has 114 valence electrons. The van der Waals surface area contributed by atoms with Gasteiger partial charge in [0.25, 0.3) is 0 Å². The first-order valence-electron chi connectivity index (χ1n) is 7.76. The molecular weight excluding hydrogens is 254 g/mol. The highest BCUT2D eigenvalue weighted by Crippen LogP contribution is 2.40. The van der Waals surface area contributed by atoms with Crippen molar-refractivity contribution < 1.29 is 14.7 Å². The number of carbonyl (C=O) groups is 2. The third-order valence-electron chi connectivity index (χ3n) is 5.08. The zero-order valence-corrected chi connectivity index (χ0v) is 12.9. The van der Waals surface area contributed by atoms with E-state index in [9.17, 15) is 14.7 Å². The maximum Gasteiger partial charge on any atom is 0.311 e. The van der Waals surface area contributed by atoms with E-state index in [-0.39, 0.29) is 17.2 Å². The van der Waals surface area contributed by atoms with Crippen LogP contribution in [0.3, 0.4) is 0 Å². The lowest BCUT2D eigenvalue weighted by Gasteiger charge is -2.41. The van der Waals surface area contributed by atoms with Gasteiger partial charge >= 0.3 is 5.97 Å². The number of hydrogen-bond donors (Lipinski definition) is 1. The summed E-state index contributed by atoms with van der Waals surface area (Å²) in [6.45, 7) is 7.31. The van der Waals surface area contributed by atoms with Crippen molar-refractivity contribution in [2.75, 3.05) is 13.1 Å². The van der Waals surface area contributed by atoms with Crippen molar-refractivity contribution in [3.63, 3.8) is 0 Å². The summed E-state index contributed by atoms with van der Waals surface area (Å²) in [4.78, 5) is 25.9. The SMILES string of the molecule is CC1(C)CCCC(C(=O)N2CCCC(C)(C(=O)O)C2)C1. The first-order valence-corrected chi connectivity index (χ1v) is 7.76. The molecule has 1 N–H and O–H groups in total. The van der Waals surface area contributed by atoms with E-state index in [1.165, 1.54) is 6.42 Å². The molecule has 1 aliphatic heterocycles. The van der Waals surface area contributed by atoms with Crippen LogP contribution in [0.5, 0.6) is 0 Å². The fraction of sp³-hybridized carbons (Fsp3) is 0.875. The molecule has 1 saturated heterocycles. The third kappa shape index (κ3) is 3.15. The minimum atomic E-state index is -0.779. The van der Waals surface area contributed by atoms with Crippen LogP contribution in [0.2, 0.25) is 0 Å². The van der Waals surface area contributed by atoms with E-state index in [1.807, 2.05) is 4.90 Å². The first-order chi connectivity index (χ1) is 9.23. The highest BCUT2D eigenvalue weighted by molar-refractivity contribution is 5.81. The summed E-state index contributed by atoms with van der Waals surface area (Å²) in [6, 6.07) is 0. The molecule has 0 radical (unpaired) electrons. The van der Waals surface area contributed by atoms with Gasteiger partial charge in [-0.1, -0.05) is 20.3 Å². The molecule has 4 nitrogen and oxygen atoms in total. The van der Waals surface area contributed by atoms with Crippen LogP contribution in [0.4, 0.5) is 0 Å². The number of carbonyl (C=O) groups excluding carboxylic acids is 1. The van der Waals surface area contributed by atoms with Gasteiger partial charge in [0.1, 0.15) is 0 Å². The molecule has 20 heavy (non-hydrogen) atoms. The van der Waals surface area contributed by atoms with Crippen LogP contribution in [0.25, 0.3) is 0 Å². The Labute approximate surface area is 121 Å². The number of nitrogens with zero attached hydrogens (tertiary/aromatic N) is 1. The summed E-state index contributed by atoms with van der Waals surface area (Å²) in [5.41, 5.74) is -0.525. The fourth-order valence-corrected chi connectivity index (χ4v) is 3.77. The number of rotatable bonds is 2. The van der Waals surface area contributed by atoms with E-state index < -0.39 is 11.4 Å². The molecule has 1 saturated carbocycles. The van der Waals surface area contributed by atoms with Gasteiger partial charge in [-0.25, -0.2) is 0 Å². The summed E-state index contributed by atoms with van der Waals surface area (Å²) in [6.07, 6.45) is 5.65. The van der Waals surface area contributed by atoms with Crippen molar-refractivity contribution in [3.05, 3.63) is 0 Å². The van der Waals surface area contributed by atoms with Crippen molar-refractivity contribution in [2.24, 2.45) is 16.7 Å². The van der Waals surface area contributed by atoms with Crippen LogP contribution >= 0.6 is 0 Å². The van der Waals surface area contributed by atoms with Crippen LogP contribution in [-0.4, -0.2) is 35.0 Å². The van der Waals surface area contributed by atoms with Gasteiger partial charge in [-0.15, -0.1) is 0 Å². The van der Waals surface area contributed by atoms with Crippen LogP contribution in [0, 0.1) is 16.7 Å². The van der Waals surface area contributed by atoms with E-state index in [0.717, 1.165) is 32.2 Å². The summed E-state index contributed by atoms with van der Waals surface area (Å²) in [5, 5.41) is 9.35. The third-order valence-corrected chi connectivity index (χ3v) is 5.08. The van der Waals surface area contributed by atoms with E-state index in [0.29, 0.717) is 13.0 Å². The zero-order chi connectivity index (χ0) is 15.0. The second kappa shape index (κ2) is 5.38. The number of amides is 1. The molecule has 2 fully saturated rings. The van der Waals surface area contributed by atoms with Gasteiger partial charge in [0.15, 0.2) is 0 Å². The predicted octanol–water partition coefficient (Wildman–Crippen LogP) is 2.92. The number of carboxylic acid groups (broad SMARTS) is 1. The monoisotopic (exact) mass is 281 g/mol. The molecule has 1 aliphatic carbocycles.